The molecule has 0 aromatic heterocycles. The van der Waals surface area contributed by atoms with Crippen molar-refractivity contribution in [2.75, 3.05) is 18.8 Å². The van der Waals surface area contributed by atoms with Crippen LogP contribution < -0.4 is 5.32 Å². The summed E-state index contributed by atoms with van der Waals surface area (Å²) in [6.45, 7) is 0.639. The maximum atomic E-state index is 12.2. The average Bonchev–Trinajstić information content (AvgIpc) is 2.09. The van der Waals surface area contributed by atoms with Crippen LogP contribution in [0, 0.1) is 0 Å². The van der Waals surface area contributed by atoms with Crippen LogP contribution in [0.1, 0.15) is 6.42 Å². The van der Waals surface area contributed by atoms with Crippen molar-refractivity contribution in [2.24, 2.45) is 0 Å². The molecule has 0 spiro atoms. The van der Waals surface area contributed by atoms with Gasteiger partial charge in [0.25, 0.3) is 6.43 Å². The molecular weight excluding hydrogens is 188 g/mol. The molecule has 0 radical (unpaired) electrons. The van der Waals surface area contributed by atoms with Crippen LogP contribution in [0.4, 0.5) is 8.78 Å². The topological polar surface area (TPSA) is 46.2 Å². The van der Waals surface area contributed by atoms with Gasteiger partial charge in [0.05, 0.1) is 5.75 Å². The fraction of sp³-hybridized carbons (Fsp3) is 1.00. The van der Waals surface area contributed by atoms with Crippen molar-refractivity contribution in [3.8, 4) is 0 Å². The van der Waals surface area contributed by atoms with Gasteiger partial charge in [0.2, 0.25) is 0 Å². The Balaban J connectivity index is 2.80. The maximum absolute atomic E-state index is 12.2. The third kappa shape index (κ3) is 2.13. The second kappa shape index (κ2) is 3.66. The molecule has 3 nitrogen and oxygen atoms in total. The molecule has 0 aromatic rings. The van der Waals surface area contributed by atoms with E-state index < -0.39 is 21.5 Å². The molecule has 1 aliphatic rings. The van der Waals surface area contributed by atoms with E-state index in [2.05, 4.69) is 5.32 Å². The lowest BCUT2D eigenvalue weighted by Crippen LogP contribution is -2.30. The molecule has 0 amide bonds. The second-order valence-corrected chi connectivity index (χ2v) is 5.12. The van der Waals surface area contributed by atoms with Gasteiger partial charge in [0.1, 0.15) is 5.25 Å². The number of hydrogen-bond donors (Lipinski definition) is 1. The normalized spacial score (nSPS) is 30.1. The summed E-state index contributed by atoms with van der Waals surface area (Å²) < 4.78 is 46.6. The molecule has 1 atom stereocenters. The van der Waals surface area contributed by atoms with Crippen molar-refractivity contribution in [3.63, 3.8) is 0 Å². The zero-order chi connectivity index (χ0) is 9.19. The standard InChI is InChI=1S/C6H11F2NO2S/c7-6(8)5-1-2-9-3-4-12(5,10)11/h5-6,9H,1-4H2. The largest absolute Gasteiger partial charge is 0.316 e. The molecular formula is C6H11F2NO2S. The Bertz CT molecular complexity index is 240. The van der Waals surface area contributed by atoms with Gasteiger partial charge in [-0.15, -0.1) is 0 Å². The predicted octanol–water partition coefficient (Wildman–Crippen LogP) is 0.0282. The Morgan fingerprint density at radius 1 is 1.33 bits per heavy atom. The van der Waals surface area contributed by atoms with Crippen LogP contribution in [0.15, 0.2) is 0 Å². The third-order valence-electron chi connectivity index (χ3n) is 1.91. The molecule has 1 heterocycles. The highest BCUT2D eigenvalue weighted by Gasteiger charge is 2.34. The van der Waals surface area contributed by atoms with Crippen LogP contribution in [-0.2, 0) is 9.84 Å². The molecule has 1 fully saturated rings. The summed E-state index contributed by atoms with van der Waals surface area (Å²) in [4.78, 5) is 0. The van der Waals surface area contributed by atoms with E-state index in [-0.39, 0.29) is 18.7 Å². The van der Waals surface area contributed by atoms with E-state index >= 15 is 0 Å². The summed E-state index contributed by atoms with van der Waals surface area (Å²) in [5, 5.41) is 1.31. The SMILES string of the molecule is O=S1(=O)CCNCCC1C(F)F. The molecule has 0 saturated carbocycles. The van der Waals surface area contributed by atoms with Crippen molar-refractivity contribution in [2.45, 2.75) is 18.1 Å². The lowest BCUT2D eigenvalue weighted by molar-refractivity contribution is 0.139. The molecule has 72 valence electrons. The second-order valence-electron chi connectivity index (χ2n) is 2.78. The number of nitrogens with one attached hydrogen (secondary N) is 1. The monoisotopic (exact) mass is 199 g/mol. The van der Waals surface area contributed by atoms with E-state index in [4.69, 9.17) is 0 Å². The molecule has 1 N–H and O–H groups in total. The molecule has 1 unspecified atom stereocenters. The van der Waals surface area contributed by atoms with Crippen LogP contribution >= 0.6 is 0 Å². The molecule has 1 rings (SSSR count). The number of alkyl halides is 2. The zero-order valence-electron chi connectivity index (χ0n) is 6.46. The van der Waals surface area contributed by atoms with Gasteiger partial charge in [-0.05, 0) is 13.0 Å². The van der Waals surface area contributed by atoms with Crippen molar-refractivity contribution in [1.82, 2.24) is 5.32 Å². The van der Waals surface area contributed by atoms with Crippen molar-refractivity contribution < 1.29 is 17.2 Å². The Morgan fingerprint density at radius 3 is 2.58 bits per heavy atom. The van der Waals surface area contributed by atoms with E-state index in [0.717, 1.165) is 0 Å². The minimum Gasteiger partial charge on any atom is -0.316 e. The van der Waals surface area contributed by atoms with Gasteiger partial charge in [0.15, 0.2) is 9.84 Å². The summed E-state index contributed by atoms with van der Waals surface area (Å²) in [6, 6.07) is 0. The van der Waals surface area contributed by atoms with Gasteiger partial charge in [-0.2, -0.15) is 0 Å². The minimum absolute atomic E-state index is 0.0139. The van der Waals surface area contributed by atoms with E-state index in [0.29, 0.717) is 6.54 Å². The lowest BCUT2D eigenvalue weighted by Gasteiger charge is -2.11. The van der Waals surface area contributed by atoms with Crippen LogP contribution in [0.25, 0.3) is 0 Å². The highest BCUT2D eigenvalue weighted by Crippen LogP contribution is 2.17. The van der Waals surface area contributed by atoms with E-state index in [1.165, 1.54) is 0 Å². The minimum atomic E-state index is -3.57. The first-order valence-electron chi connectivity index (χ1n) is 3.74. The first kappa shape index (κ1) is 9.85. The molecule has 0 bridgehead atoms. The Kier molecular flexibility index (Phi) is 3.00. The van der Waals surface area contributed by atoms with Gasteiger partial charge in [-0.25, -0.2) is 17.2 Å². The summed E-state index contributed by atoms with van der Waals surface area (Å²) >= 11 is 0. The van der Waals surface area contributed by atoms with Gasteiger partial charge in [-0.3, -0.25) is 0 Å². The number of halogens is 2. The molecule has 12 heavy (non-hydrogen) atoms. The van der Waals surface area contributed by atoms with Gasteiger partial charge < -0.3 is 5.32 Å². The van der Waals surface area contributed by atoms with E-state index in [1.807, 2.05) is 0 Å². The summed E-state index contributed by atoms with van der Waals surface area (Å²) in [6.07, 6.45) is -2.74. The number of sulfone groups is 1. The summed E-state index contributed by atoms with van der Waals surface area (Å²) in [5.74, 6) is -0.179. The fourth-order valence-corrected chi connectivity index (χ4v) is 2.72. The smallest absolute Gasteiger partial charge is 0.255 e. The summed E-state index contributed by atoms with van der Waals surface area (Å²) in [7, 11) is -3.57. The van der Waals surface area contributed by atoms with Crippen molar-refractivity contribution in [3.05, 3.63) is 0 Å². The predicted molar refractivity (Wildman–Crippen MR) is 41.1 cm³/mol. The average molecular weight is 199 g/mol. The highest BCUT2D eigenvalue weighted by atomic mass is 32.2. The molecule has 0 aromatic carbocycles. The van der Waals surface area contributed by atoms with Gasteiger partial charge in [-0.1, -0.05) is 0 Å². The number of hydrogen-bond acceptors (Lipinski definition) is 3. The third-order valence-corrected chi connectivity index (χ3v) is 4.05. The zero-order valence-corrected chi connectivity index (χ0v) is 7.28. The Labute approximate surface area is 70.1 Å². The maximum Gasteiger partial charge on any atom is 0.255 e. The van der Waals surface area contributed by atoms with Crippen molar-refractivity contribution in [1.29, 1.82) is 0 Å². The fourth-order valence-electron chi connectivity index (χ4n) is 1.20. The lowest BCUT2D eigenvalue weighted by atomic mass is 10.3. The molecule has 6 heteroatoms. The Hall–Kier alpha value is -0.230. The van der Waals surface area contributed by atoms with Crippen LogP contribution in [0.2, 0.25) is 0 Å². The highest BCUT2D eigenvalue weighted by molar-refractivity contribution is 7.92. The quantitative estimate of drug-likeness (QED) is 0.648. The van der Waals surface area contributed by atoms with Crippen molar-refractivity contribution >= 4 is 9.84 Å². The van der Waals surface area contributed by atoms with Crippen LogP contribution in [0.3, 0.4) is 0 Å². The van der Waals surface area contributed by atoms with Gasteiger partial charge in [0, 0.05) is 6.54 Å². The first-order chi connectivity index (χ1) is 5.54. The number of rotatable bonds is 1. The summed E-state index contributed by atoms with van der Waals surface area (Å²) in [5.41, 5.74) is 0. The first-order valence-corrected chi connectivity index (χ1v) is 5.46. The molecule has 0 aliphatic carbocycles. The van der Waals surface area contributed by atoms with Crippen LogP contribution in [0.5, 0.6) is 0 Å². The molecule has 1 aliphatic heterocycles. The Morgan fingerprint density at radius 2 is 2.00 bits per heavy atom. The van der Waals surface area contributed by atoms with E-state index in [9.17, 15) is 17.2 Å². The van der Waals surface area contributed by atoms with E-state index in [1.54, 1.807) is 0 Å². The van der Waals surface area contributed by atoms with Gasteiger partial charge >= 0.3 is 0 Å². The van der Waals surface area contributed by atoms with Crippen LogP contribution in [-0.4, -0.2) is 38.9 Å². The molecule has 1 saturated heterocycles.